The number of hydrogen-bond acceptors (Lipinski definition) is 5. The van der Waals surface area contributed by atoms with Gasteiger partial charge in [-0.05, 0) is 103 Å². The van der Waals surface area contributed by atoms with Gasteiger partial charge in [0, 0.05) is 19.1 Å². The lowest BCUT2D eigenvalue weighted by atomic mass is 9.81. The summed E-state index contributed by atoms with van der Waals surface area (Å²) >= 11 is 0. The van der Waals surface area contributed by atoms with E-state index in [1.54, 1.807) is 4.90 Å². The zero-order valence-electron chi connectivity index (χ0n) is 21.9. The van der Waals surface area contributed by atoms with Crippen molar-refractivity contribution in [2.24, 2.45) is 17.6 Å². The first-order valence-corrected chi connectivity index (χ1v) is 12.9. The maximum absolute atomic E-state index is 13.2. The first kappa shape index (κ1) is 26.5. The van der Waals surface area contributed by atoms with Crippen LogP contribution in [0.25, 0.3) is 0 Å². The lowest BCUT2D eigenvalue weighted by molar-refractivity contribution is -0.161. The van der Waals surface area contributed by atoms with Crippen LogP contribution in [0.1, 0.15) is 90.7 Å². The van der Waals surface area contributed by atoms with Crippen LogP contribution in [0.4, 0.5) is 4.79 Å². The molecule has 1 aromatic rings. The van der Waals surface area contributed by atoms with E-state index in [2.05, 4.69) is 24.3 Å². The van der Waals surface area contributed by atoms with E-state index in [-0.39, 0.29) is 23.9 Å². The maximum Gasteiger partial charge on any atom is 0.410 e. The number of carbonyl (C=O) groups is 2. The summed E-state index contributed by atoms with van der Waals surface area (Å²) in [5.41, 5.74) is 7.47. The second-order valence-electron chi connectivity index (χ2n) is 12.2. The van der Waals surface area contributed by atoms with Gasteiger partial charge in [-0.25, -0.2) is 4.79 Å². The van der Waals surface area contributed by atoms with E-state index in [1.807, 2.05) is 41.5 Å². The SMILES string of the molecule is CC(C)(C)OC(=O)[C@@H](Cc1ccc(C2CCC(N)CC2)cc1)[C@H]1CCN(C(=O)OC(C)(C)C)C1. The Morgan fingerprint density at radius 2 is 1.53 bits per heavy atom. The van der Waals surface area contributed by atoms with E-state index in [1.165, 1.54) is 5.56 Å². The van der Waals surface area contributed by atoms with Crippen LogP contribution in [0.2, 0.25) is 0 Å². The zero-order valence-corrected chi connectivity index (χ0v) is 21.9. The number of hydrogen-bond donors (Lipinski definition) is 1. The lowest BCUT2D eigenvalue weighted by Crippen LogP contribution is -2.38. The Morgan fingerprint density at radius 3 is 2.09 bits per heavy atom. The third kappa shape index (κ3) is 7.72. The van der Waals surface area contributed by atoms with Crippen LogP contribution in [0.5, 0.6) is 0 Å². The van der Waals surface area contributed by atoms with Gasteiger partial charge >= 0.3 is 12.1 Å². The van der Waals surface area contributed by atoms with Gasteiger partial charge < -0.3 is 20.1 Å². The summed E-state index contributed by atoms with van der Waals surface area (Å²) in [5.74, 6) is 0.133. The Bertz CT molecular complexity index is 829. The first-order chi connectivity index (χ1) is 15.8. The number of ether oxygens (including phenoxy) is 2. The van der Waals surface area contributed by atoms with Gasteiger partial charge in [0.2, 0.25) is 0 Å². The van der Waals surface area contributed by atoms with Crippen molar-refractivity contribution in [2.75, 3.05) is 13.1 Å². The van der Waals surface area contributed by atoms with E-state index in [0.29, 0.717) is 31.5 Å². The van der Waals surface area contributed by atoms with Crippen LogP contribution in [0.15, 0.2) is 24.3 Å². The molecule has 6 nitrogen and oxygen atoms in total. The number of amides is 1. The van der Waals surface area contributed by atoms with Crippen molar-refractivity contribution >= 4 is 12.1 Å². The molecular formula is C28H44N2O4. The molecule has 0 bridgehead atoms. The molecule has 1 aliphatic carbocycles. The third-order valence-electron chi connectivity index (χ3n) is 6.83. The molecule has 3 rings (SSSR count). The van der Waals surface area contributed by atoms with E-state index >= 15 is 0 Å². The van der Waals surface area contributed by atoms with Gasteiger partial charge in [-0.1, -0.05) is 24.3 Å². The van der Waals surface area contributed by atoms with Gasteiger partial charge in [0.15, 0.2) is 0 Å². The molecule has 1 heterocycles. The number of nitrogens with zero attached hydrogens (tertiary/aromatic N) is 1. The Hall–Kier alpha value is -2.08. The molecule has 2 fully saturated rings. The number of benzene rings is 1. The third-order valence-corrected chi connectivity index (χ3v) is 6.83. The highest BCUT2D eigenvalue weighted by molar-refractivity contribution is 5.74. The van der Waals surface area contributed by atoms with Crippen molar-refractivity contribution in [3.63, 3.8) is 0 Å². The normalized spacial score (nSPS) is 24.6. The topological polar surface area (TPSA) is 81.9 Å². The van der Waals surface area contributed by atoms with Crippen LogP contribution in [0.3, 0.4) is 0 Å². The molecule has 2 aliphatic rings. The summed E-state index contributed by atoms with van der Waals surface area (Å²) in [5, 5.41) is 0. The monoisotopic (exact) mass is 472 g/mol. The van der Waals surface area contributed by atoms with Crippen LogP contribution in [-0.2, 0) is 20.7 Å². The number of nitrogens with two attached hydrogens (primary N) is 1. The number of rotatable bonds is 5. The van der Waals surface area contributed by atoms with E-state index in [9.17, 15) is 9.59 Å². The number of esters is 1. The Morgan fingerprint density at radius 1 is 0.941 bits per heavy atom. The van der Waals surface area contributed by atoms with Gasteiger partial charge in [0.1, 0.15) is 11.2 Å². The minimum Gasteiger partial charge on any atom is -0.460 e. The van der Waals surface area contributed by atoms with E-state index in [0.717, 1.165) is 37.7 Å². The predicted octanol–water partition coefficient (Wildman–Crippen LogP) is 5.43. The minimum atomic E-state index is -0.551. The molecule has 1 aromatic carbocycles. The number of carbonyl (C=O) groups excluding carboxylic acids is 2. The van der Waals surface area contributed by atoms with E-state index in [4.69, 9.17) is 15.2 Å². The summed E-state index contributed by atoms with van der Waals surface area (Å²) in [6.07, 6.45) is 5.52. The van der Waals surface area contributed by atoms with E-state index < -0.39 is 11.2 Å². The second kappa shape index (κ2) is 10.7. The number of likely N-dealkylation sites (tertiary alicyclic amines) is 1. The molecule has 0 radical (unpaired) electrons. The van der Waals surface area contributed by atoms with Crippen molar-refractivity contribution in [3.8, 4) is 0 Å². The Kier molecular flexibility index (Phi) is 8.33. The summed E-state index contributed by atoms with van der Waals surface area (Å²) in [4.78, 5) is 27.5. The lowest BCUT2D eigenvalue weighted by Gasteiger charge is -2.28. The first-order valence-electron chi connectivity index (χ1n) is 12.9. The molecule has 1 amide bonds. The fraction of sp³-hybridized carbons (Fsp3) is 0.714. The second-order valence-corrected chi connectivity index (χ2v) is 12.2. The van der Waals surface area contributed by atoms with Gasteiger partial charge in [-0.3, -0.25) is 4.79 Å². The van der Waals surface area contributed by atoms with Crippen molar-refractivity contribution in [2.45, 2.75) is 103 Å². The molecule has 0 unspecified atom stereocenters. The molecule has 34 heavy (non-hydrogen) atoms. The highest BCUT2D eigenvalue weighted by atomic mass is 16.6. The fourth-order valence-corrected chi connectivity index (χ4v) is 5.06. The predicted molar refractivity (Wildman–Crippen MR) is 135 cm³/mol. The largest absolute Gasteiger partial charge is 0.460 e. The van der Waals surface area contributed by atoms with Crippen molar-refractivity contribution in [1.29, 1.82) is 0 Å². The average molecular weight is 473 g/mol. The van der Waals surface area contributed by atoms with Gasteiger partial charge in [-0.2, -0.15) is 0 Å². The Labute approximate surface area is 205 Å². The molecule has 1 saturated heterocycles. The van der Waals surface area contributed by atoms with Crippen LogP contribution < -0.4 is 5.73 Å². The molecule has 6 heteroatoms. The molecular weight excluding hydrogens is 428 g/mol. The quantitative estimate of drug-likeness (QED) is 0.578. The van der Waals surface area contributed by atoms with Crippen molar-refractivity contribution < 1.29 is 19.1 Å². The van der Waals surface area contributed by atoms with Crippen molar-refractivity contribution in [1.82, 2.24) is 4.90 Å². The highest BCUT2D eigenvalue weighted by Crippen LogP contribution is 2.34. The average Bonchev–Trinajstić information content (AvgIpc) is 3.21. The molecule has 2 N–H and O–H groups in total. The summed E-state index contributed by atoms with van der Waals surface area (Å²) in [6.45, 7) is 12.4. The van der Waals surface area contributed by atoms with Crippen LogP contribution >= 0.6 is 0 Å². The summed E-state index contributed by atoms with van der Waals surface area (Å²) in [7, 11) is 0. The van der Waals surface area contributed by atoms with Crippen LogP contribution in [0, 0.1) is 11.8 Å². The molecule has 1 aliphatic heterocycles. The van der Waals surface area contributed by atoms with Crippen LogP contribution in [-0.4, -0.2) is 47.3 Å². The standard InChI is InChI=1S/C28H44N2O4/c1-27(2,3)33-25(31)24(22-15-16-30(18-22)26(32)34-28(4,5)6)17-19-7-9-20(10-8-19)21-11-13-23(29)14-12-21/h7-10,21-24H,11-18,29H2,1-6H3/t21?,22-,23?,24-/m0/s1. The van der Waals surface area contributed by atoms with Gasteiger partial charge in [-0.15, -0.1) is 0 Å². The van der Waals surface area contributed by atoms with Gasteiger partial charge in [0.05, 0.1) is 5.92 Å². The molecule has 2 atom stereocenters. The maximum atomic E-state index is 13.2. The minimum absolute atomic E-state index is 0.0434. The smallest absolute Gasteiger partial charge is 0.410 e. The molecule has 0 aromatic heterocycles. The summed E-state index contributed by atoms with van der Waals surface area (Å²) < 4.78 is 11.4. The Balaban J connectivity index is 1.70. The molecule has 0 spiro atoms. The highest BCUT2D eigenvalue weighted by Gasteiger charge is 2.39. The van der Waals surface area contributed by atoms with Crippen molar-refractivity contribution in [3.05, 3.63) is 35.4 Å². The molecule has 190 valence electrons. The molecule has 1 saturated carbocycles. The summed E-state index contributed by atoms with van der Waals surface area (Å²) in [6, 6.07) is 9.08. The van der Waals surface area contributed by atoms with Gasteiger partial charge in [0.25, 0.3) is 0 Å². The zero-order chi connectivity index (χ0) is 25.1. The fourth-order valence-electron chi connectivity index (χ4n) is 5.06.